The highest BCUT2D eigenvalue weighted by molar-refractivity contribution is 5.74. The van der Waals surface area contributed by atoms with Crippen LogP contribution >= 0.6 is 0 Å². The van der Waals surface area contributed by atoms with Crippen molar-refractivity contribution in [2.45, 2.75) is 39.3 Å². The minimum absolute atomic E-state index is 0.534. The predicted molar refractivity (Wildman–Crippen MR) is 70.7 cm³/mol. The Labute approximate surface area is 113 Å². The van der Waals surface area contributed by atoms with Gasteiger partial charge in [-0.25, -0.2) is 4.79 Å². The molecule has 0 saturated heterocycles. The molecule has 0 N–H and O–H groups in total. The van der Waals surface area contributed by atoms with Crippen molar-refractivity contribution < 1.29 is 14.3 Å². The summed E-state index contributed by atoms with van der Waals surface area (Å²) in [6, 6.07) is -0.691. The van der Waals surface area contributed by atoms with E-state index >= 15 is 0 Å². The fraction of sp³-hybridized carbons (Fsp3) is 0.615. The Morgan fingerprint density at radius 3 is 2.47 bits per heavy atom. The number of hydrogen-bond donors (Lipinski definition) is 0. The lowest BCUT2D eigenvalue weighted by atomic mass is 10.1. The third kappa shape index (κ3) is 3.56. The number of hydrogen-bond acceptors (Lipinski definition) is 4. The summed E-state index contributed by atoms with van der Waals surface area (Å²) >= 11 is 0. The summed E-state index contributed by atoms with van der Waals surface area (Å²) in [5.41, 5.74) is 0.946. The van der Waals surface area contributed by atoms with Crippen molar-refractivity contribution in [3.63, 3.8) is 0 Å². The molecule has 1 aromatic rings. The molecule has 1 rings (SSSR count). The zero-order valence-corrected chi connectivity index (χ0v) is 12.3. The molecule has 6 nitrogen and oxygen atoms in total. The van der Waals surface area contributed by atoms with Crippen molar-refractivity contribution in [1.82, 2.24) is 14.7 Å². The van der Waals surface area contributed by atoms with Gasteiger partial charge < -0.3 is 9.53 Å². The van der Waals surface area contributed by atoms with E-state index in [0.29, 0.717) is 11.8 Å². The highest BCUT2D eigenvalue weighted by Gasteiger charge is 2.28. The van der Waals surface area contributed by atoms with Gasteiger partial charge in [0, 0.05) is 25.4 Å². The van der Waals surface area contributed by atoms with E-state index in [4.69, 9.17) is 4.74 Å². The quantitative estimate of drug-likeness (QED) is 0.784. The fourth-order valence-corrected chi connectivity index (χ4v) is 1.63. The zero-order chi connectivity index (χ0) is 14.8. The van der Waals surface area contributed by atoms with Gasteiger partial charge in [0.25, 0.3) is 0 Å². The number of nitrogens with zero attached hydrogens (tertiary/aromatic N) is 3. The van der Waals surface area contributed by atoms with E-state index in [2.05, 4.69) is 5.10 Å². The van der Waals surface area contributed by atoms with Crippen molar-refractivity contribution >= 4 is 12.4 Å². The molecule has 0 saturated carbocycles. The van der Waals surface area contributed by atoms with Crippen LogP contribution < -0.4 is 0 Å². The van der Waals surface area contributed by atoms with Crippen molar-refractivity contribution in [1.29, 1.82) is 0 Å². The molecule has 0 aliphatic carbocycles. The van der Waals surface area contributed by atoms with Crippen LogP contribution in [0.5, 0.6) is 0 Å². The van der Waals surface area contributed by atoms with Gasteiger partial charge >= 0.3 is 6.09 Å². The second-order valence-electron chi connectivity index (χ2n) is 5.48. The predicted octanol–water partition coefficient (Wildman–Crippen LogP) is 1.84. The minimum Gasteiger partial charge on any atom is -0.444 e. The molecule has 19 heavy (non-hydrogen) atoms. The molecule has 0 fully saturated rings. The second kappa shape index (κ2) is 5.42. The maximum Gasteiger partial charge on any atom is 0.410 e. The number of aldehydes is 1. The lowest BCUT2D eigenvalue weighted by Crippen LogP contribution is -2.37. The van der Waals surface area contributed by atoms with E-state index in [1.54, 1.807) is 45.7 Å². The van der Waals surface area contributed by atoms with Crippen LogP contribution in [0.4, 0.5) is 4.79 Å². The van der Waals surface area contributed by atoms with Crippen molar-refractivity contribution in [3.8, 4) is 0 Å². The van der Waals surface area contributed by atoms with E-state index in [1.807, 2.05) is 6.92 Å². The van der Waals surface area contributed by atoms with Crippen LogP contribution in [0.1, 0.15) is 38.1 Å². The largest absolute Gasteiger partial charge is 0.444 e. The molecule has 0 radical (unpaired) electrons. The molecular formula is C13H21N3O3. The summed E-state index contributed by atoms with van der Waals surface area (Å²) in [6.45, 7) is 7.19. The first-order valence-electron chi connectivity index (χ1n) is 6.07. The fourth-order valence-electron chi connectivity index (χ4n) is 1.63. The highest BCUT2D eigenvalue weighted by atomic mass is 16.6. The number of carbonyl (C=O) groups is 2. The van der Waals surface area contributed by atoms with Crippen LogP contribution in [0.15, 0.2) is 6.20 Å². The van der Waals surface area contributed by atoms with Gasteiger partial charge in [-0.1, -0.05) is 0 Å². The molecule has 1 unspecified atom stereocenters. The summed E-state index contributed by atoms with van der Waals surface area (Å²) in [5.74, 6) is 0. The second-order valence-corrected chi connectivity index (χ2v) is 5.48. The minimum atomic E-state index is -0.691. The number of ether oxygens (including phenoxy) is 1. The molecule has 0 aliphatic heterocycles. The summed E-state index contributed by atoms with van der Waals surface area (Å²) in [5, 5.41) is 4.08. The SMILES string of the molecule is Cc1c(C(C=O)N(C)C(=O)OC(C)(C)C)cnn1C. The first-order chi connectivity index (χ1) is 8.67. The summed E-state index contributed by atoms with van der Waals surface area (Å²) in [6.07, 6.45) is 1.77. The number of carbonyl (C=O) groups excluding carboxylic acids is 2. The van der Waals surface area contributed by atoms with E-state index in [9.17, 15) is 9.59 Å². The Bertz CT molecular complexity index is 474. The summed E-state index contributed by atoms with van der Waals surface area (Å²) in [7, 11) is 3.33. The van der Waals surface area contributed by atoms with Crippen LogP contribution in [0.2, 0.25) is 0 Å². The Hall–Kier alpha value is -1.85. The third-order valence-electron chi connectivity index (χ3n) is 2.82. The molecule has 1 atom stereocenters. The maximum absolute atomic E-state index is 12.0. The van der Waals surface area contributed by atoms with Crippen molar-refractivity contribution in [2.75, 3.05) is 7.05 Å². The van der Waals surface area contributed by atoms with E-state index < -0.39 is 17.7 Å². The first-order valence-corrected chi connectivity index (χ1v) is 6.07. The van der Waals surface area contributed by atoms with Crippen molar-refractivity contribution in [2.24, 2.45) is 7.05 Å². The highest BCUT2D eigenvalue weighted by Crippen LogP contribution is 2.22. The Balaban J connectivity index is 2.95. The Morgan fingerprint density at radius 1 is 1.53 bits per heavy atom. The van der Waals surface area contributed by atoms with Crippen LogP contribution in [-0.4, -0.2) is 39.7 Å². The topological polar surface area (TPSA) is 64.4 Å². The standard InChI is InChI=1S/C13H21N3O3/c1-9-10(7-14-16(9)6)11(8-17)15(5)12(18)19-13(2,3)4/h7-8,11H,1-6H3. The lowest BCUT2D eigenvalue weighted by Gasteiger charge is -2.27. The molecule has 1 amide bonds. The molecule has 0 aliphatic rings. The van der Waals surface area contributed by atoms with Crippen LogP contribution in [0, 0.1) is 6.92 Å². The van der Waals surface area contributed by atoms with Gasteiger partial charge in [-0.05, 0) is 27.7 Å². The van der Waals surface area contributed by atoms with Crippen molar-refractivity contribution in [3.05, 3.63) is 17.5 Å². The van der Waals surface area contributed by atoms with Gasteiger partial charge in [0.15, 0.2) is 0 Å². The molecule has 1 aromatic heterocycles. The monoisotopic (exact) mass is 267 g/mol. The maximum atomic E-state index is 12.0. The molecular weight excluding hydrogens is 246 g/mol. The number of amides is 1. The average Bonchev–Trinajstić information content (AvgIpc) is 2.60. The van der Waals surface area contributed by atoms with Crippen LogP contribution in [-0.2, 0) is 16.6 Å². The Morgan fingerprint density at radius 2 is 2.11 bits per heavy atom. The lowest BCUT2D eigenvalue weighted by molar-refractivity contribution is -0.112. The van der Waals surface area contributed by atoms with Gasteiger partial charge in [-0.2, -0.15) is 5.10 Å². The van der Waals surface area contributed by atoms with Crippen LogP contribution in [0.3, 0.4) is 0 Å². The van der Waals surface area contributed by atoms with E-state index in [0.717, 1.165) is 5.69 Å². The number of likely N-dealkylation sites (N-methyl/N-ethyl adjacent to an activating group) is 1. The number of rotatable bonds is 3. The molecule has 0 bridgehead atoms. The molecule has 0 spiro atoms. The van der Waals surface area contributed by atoms with Gasteiger partial charge in [-0.15, -0.1) is 0 Å². The normalized spacial score (nSPS) is 12.9. The average molecular weight is 267 g/mol. The molecule has 106 valence electrons. The summed E-state index contributed by atoms with van der Waals surface area (Å²) < 4.78 is 6.91. The molecule has 0 aromatic carbocycles. The number of aryl methyl sites for hydroxylation is 1. The Kier molecular flexibility index (Phi) is 4.34. The van der Waals surface area contributed by atoms with Gasteiger partial charge in [0.1, 0.15) is 17.9 Å². The van der Waals surface area contributed by atoms with Gasteiger partial charge in [0.05, 0.1) is 6.20 Å². The zero-order valence-electron chi connectivity index (χ0n) is 12.3. The first kappa shape index (κ1) is 15.2. The van der Waals surface area contributed by atoms with Crippen LogP contribution in [0.25, 0.3) is 0 Å². The summed E-state index contributed by atoms with van der Waals surface area (Å²) in [4.78, 5) is 24.5. The van der Waals surface area contributed by atoms with Gasteiger partial charge in [-0.3, -0.25) is 9.58 Å². The number of aromatic nitrogens is 2. The van der Waals surface area contributed by atoms with E-state index in [1.165, 1.54) is 4.90 Å². The third-order valence-corrected chi connectivity index (χ3v) is 2.82. The molecule has 6 heteroatoms. The van der Waals surface area contributed by atoms with E-state index in [-0.39, 0.29) is 0 Å². The smallest absolute Gasteiger partial charge is 0.410 e. The molecule has 1 heterocycles. The van der Waals surface area contributed by atoms with Gasteiger partial charge in [0.2, 0.25) is 0 Å².